The maximum Gasteiger partial charge on any atom is 0.337 e. The van der Waals surface area contributed by atoms with Crippen molar-refractivity contribution in [2.75, 3.05) is 20.8 Å². The Balaban J connectivity index is 2.75. The van der Waals surface area contributed by atoms with Gasteiger partial charge in [-0.15, -0.1) is 0 Å². The van der Waals surface area contributed by atoms with E-state index >= 15 is 0 Å². The summed E-state index contributed by atoms with van der Waals surface area (Å²) in [6.07, 6.45) is 0. The average Bonchev–Trinajstić information content (AvgIpc) is 2.46. The molecule has 0 atom stereocenters. The minimum absolute atomic E-state index is 0.170. The average molecular weight is 297 g/mol. The monoisotopic (exact) mass is 296 g/mol. The molecule has 106 valence electrons. The molecule has 0 radical (unpaired) electrons. The number of benzene rings is 2. The molecule has 0 aliphatic rings. The third-order valence-corrected chi connectivity index (χ3v) is 2.98. The Morgan fingerprint density at radius 1 is 1.20 bits per heavy atom. The van der Waals surface area contributed by atoms with Gasteiger partial charge in [0.1, 0.15) is 6.61 Å². The third kappa shape index (κ3) is 2.64. The number of carbonyl (C=O) groups is 1. The van der Waals surface area contributed by atoms with Gasteiger partial charge in [0.25, 0.3) is 0 Å². The van der Waals surface area contributed by atoms with Gasteiger partial charge in [0, 0.05) is 10.4 Å². The number of carbonyl (C=O) groups excluding carboxylic acids is 1. The highest BCUT2D eigenvalue weighted by Gasteiger charge is 2.19. The van der Waals surface area contributed by atoms with Gasteiger partial charge in [-0.3, -0.25) is 0 Å². The molecule has 2 rings (SSSR count). The van der Waals surface area contributed by atoms with Gasteiger partial charge >= 0.3 is 5.97 Å². The van der Waals surface area contributed by atoms with Crippen LogP contribution in [0.1, 0.15) is 0 Å². The summed E-state index contributed by atoms with van der Waals surface area (Å²) >= 11 is 5.97. The fourth-order valence-electron chi connectivity index (χ4n) is 1.88. The van der Waals surface area contributed by atoms with E-state index in [1.54, 1.807) is 24.3 Å². The Bertz CT molecular complexity index is 654. The maximum absolute atomic E-state index is 11.4. The first-order valence-corrected chi connectivity index (χ1v) is 6.14. The van der Waals surface area contributed by atoms with E-state index in [2.05, 4.69) is 0 Å². The van der Waals surface area contributed by atoms with Crippen LogP contribution in [0.15, 0.2) is 24.3 Å². The molecule has 1 N–H and O–H groups in total. The molecule has 20 heavy (non-hydrogen) atoms. The van der Waals surface area contributed by atoms with Crippen LogP contribution in [0.4, 0.5) is 0 Å². The molecule has 0 bridgehead atoms. The van der Waals surface area contributed by atoms with Crippen LogP contribution >= 0.6 is 11.6 Å². The van der Waals surface area contributed by atoms with Crippen molar-refractivity contribution in [3.8, 4) is 17.2 Å². The van der Waals surface area contributed by atoms with E-state index in [0.29, 0.717) is 16.2 Å². The van der Waals surface area contributed by atoms with Gasteiger partial charge in [-0.1, -0.05) is 17.7 Å². The van der Waals surface area contributed by atoms with Gasteiger partial charge in [-0.2, -0.15) is 0 Å². The van der Waals surface area contributed by atoms with Crippen LogP contribution in [0.5, 0.6) is 17.2 Å². The van der Waals surface area contributed by atoms with Crippen molar-refractivity contribution in [1.82, 2.24) is 0 Å². The van der Waals surface area contributed by atoms with Crippen molar-refractivity contribution >= 4 is 28.3 Å². The second-order valence-corrected chi connectivity index (χ2v) is 4.38. The molecule has 0 saturated carbocycles. The number of aliphatic hydroxyl groups excluding tert-OH is 1. The first kappa shape index (κ1) is 14.4. The van der Waals surface area contributed by atoms with Crippen molar-refractivity contribution in [3.05, 3.63) is 29.3 Å². The van der Waals surface area contributed by atoms with E-state index in [4.69, 9.17) is 30.9 Å². The van der Waals surface area contributed by atoms with Crippen molar-refractivity contribution in [2.24, 2.45) is 0 Å². The van der Waals surface area contributed by atoms with Crippen LogP contribution in [0.2, 0.25) is 5.02 Å². The van der Waals surface area contributed by atoms with Crippen molar-refractivity contribution in [3.63, 3.8) is 0 Å². The SMILES string of the molecule is COc1cc2ccc(Cl)cc2c(OC(=O)CO)c1OC. The van der Waals surface area contributed by atoms with E-state index in [-0.39, 0.29) is 11.5 Å². The molecule has 0 aliphatic heterocycles. The minimum atomic E-state index is -0.794. The highest BCUT2D eigenvalue weighted by atomic mass is 35.5. The number of halogens is 1. The number of methoxy groups -OCH3 is 2. The Labute approximate surface area is 120 Å². The smallest absolute Gasteiger partial charge is 0.337 e. The molecule has 0 heterocycles. The molecule has 0 aliphatic carbocycles. The molecule has 6 heteroatoms. The van der Waals surface area contributed by atoms with Crippen LogP contribution in [-0.2, 0) is 4.79 Å². The lowest BCUT2D eigenvalue weighted by molar-refractivity contribution is -0.137. The summed E-state index contributed by atoms with van der Waals surface area (Å²) in [7, 11) is 2.92. The summed E-state index contributed by atoms with van der Waals surface area (Å²) in [5, 5.41) is 10.7. The molecule has 5 nitrogen and oxygen atoms in total. The summed E-state index contributed by atoms with van der Waals surface area (Å²) in [5.41, 5.74) is 0. The predicted octanol–water partition coefficient (Wildman–Crippen LogP) is 2.41. The zero-order valence-electron chi connectivity index (χ0n) is 11.0. The van der Waals surface area contributed by atoms with Crippen LogP contribution < -0.4 is 14.2 Å². The third-order valence-electron chi connectivity index (χ3n) is 2.75. The van der Waals surface area contributed by atoms with Gasteiger partial charge in [-0.25, -0.2) is 4.79 Å². The van der Waals surface area contributed by atoms with Gasteiger partial charge in [0.05, 0.1) is 14.2 Å². The van der Waals surface area contributed by atoms with E-state index < -0.39 is 12.6 Å². The molecular weight excluding hydrogens is 284 g/mol. The zero-order chi connectivity index (χ0) is 14.7. The molecule has 2 aromatic rings. The van der Waals surface area contributed by atoms with Crippen molar-refractivity contribution < 1.29 is 24.1 Å². The fraction of sp³-hybridized carbons (Fsp3) is 0.214. The Hall–Kier alpha value is -1.98. The van der Waals surface area contributed by atoms with Gasteiger partial charge < -0.3 is 19.3 Å². The molecule has 0 fully saturated rings. The normalized spacial score (nSPS) is 10.4. The second-order valence-electron chi connectivity index (χ2n) is 3.94. The Morgan fingerprint density at radius 2 is 1.95 bits per heavy atom. The quantitative estimate of drug-likeness (QED) is 0.693. The van der Waals surface area contributed by atoms with Gasteiger partial charge in [0.15, 0.2) is 11.5 Å². The molecule has 0 saturated heterocycles. The summed E-state index contributed by atoms with van der Waals surface area (Å²) in [5.74, 6) is 0.0633. The Kier molecular flexibility index (Phi) is 4.32. The number of ether oxygens (including phenoxy) is 3. The first-order valence-electron chi connectivity index (χ1n) is 5.76. The van der Waals surface area contributed by atoms with Crippen LogP contribution in [0.3, 0.4) is 0 Å². The molecule has 0 spiro atoms. The number of fused-ring (bicyclic) bond motifs is 1. The van der Waals surface area contributed by atoms with Crippen molar-refractivity contribution in [1.29, 1.82) is 0 Å². The lowest BCUT2D eigenvalue weighted by atomic mass is 10.1. The molecular formula is C14H13ClO5. The largest absolute Gasteiger partial charge is 0.493 e. The summed E-state index contributed by atoms with van der Waals surface area (Å²) < 4.78 is 15.6. The molecule has 2 aromatic carbocycles. The summed E-state index contributed by atoms with van der Waals surface area (Å²) in [4.78, 5) is 11.4. The lowest BCUT2D eigenvalue weighted by Crippen LogP contribution is -2.13. The van der Waals surface area contributed by atoms with Crippen LogP contribution in [0.25, 0.3) is 10.8 Å². The number of esters is 1. The number of hydrogen-bond donors (Lipinski definition) is 1. The standard InChI is InChI=1S/C14H13ClO5/c1-18-11-5-8-3-4-9(15)6-10(8)13(14(11)19-2)20-12(17)7-16/h3-6,16H,7H2,1-2H3. The second kappa shape index (κ2) is 5.98. The van der Waals surface area contributed by atoms with E-state index in [1.165, 1.54) is 14.2 Å². The first-order chi connectivity index (χ1) is 9.60. The fourth-order valence-corrected chi connectivity index (χ4v) is 2.06. The molecule has 0 unspecified atom stereocenters. The lowest BCUT2D eigenvalue weighted by Gasteiger charge is -2.15. The van der Waals surface area contributed by atoms with E-state index in [1.807, 2.05) is 0 Å². The highest BCUT2D eigenvalue weighted by Crippen LogP contribution is 2.44. The Morgan fingerprint density at radius 3 is 2.55 bits per heavy atom. The maximum atomic E-state index is 11.4. The topological polar surface area (TPSA) is 65.0 Å². The van der Waals surface area contributed by atoms with E-state index in [0.717, 1.165) is 5.39 Å². The van der Waals surface area contributed by atoms with Crippen LogP contribution in [-0.4, -0.2) is 31.9 Å². The van der Waals surface area contributed by atoms with Gasteiger partial charge in [0.2, 0.25) is 5.75 Å². The number of hydrogen-bond acceptors (Lipinski definition) is 5. The van der Waals surface area contributed by atoms with Gasteiger partial charge in [-0.05, 0) is 23.6 Å². The van der Waals surface area contributed by atoms with Crippen LogP contribution in [0, 0.1) is 0 Å². The summed E-state index contributed by atoms with van der Waals surface area (Å²) in [6.45, 7) is -0.734. The zero-order valence-corrected chi connectivity index (χ0v) is 11.7. The van der Waals surface area contributed by atoms with Crippen molar-refractivity contribution in [2.45, 2.75) is 0 Å². The minimum Gasteiger partial charge on any atom is -0.493 e. The van der Waals surface area contributed by atoms with E-state index in [9.17, 15) is 4.79 Å². The number of aliphatic hydroxyl groups is 1. The highest BCUT2D eigenvalue weighted by molar-refractivity contribution is 6.31. The predicted molar refractivity (Wildman–Crippen MR) is 74.8 cm³/mol. The number of rotatable bonds is 4. The molecule has 0 aromatic heterocycles. The molecule has 0 amide bonds. The summed E-state index contributed by atoms with van der Waals surface area (Å²) in [6, 6.07) is 6.89.